The van der Waals surface area contributed by atoms with Crippen molar-refractivity contribution in [3.05, 3.63) is 59.9 Å². The molecule has 0 bridgehead atoms. The molecule has 0 fully saturated rings. The standard InChI is InChI=1S/C14H14N4O2/c1-18(14(19)10-5-4-8-16-9-10)12-7-3-2-6-11(12)13(15)17-20/h2-9,20H,1H3,(H2,15,17). The van der Waals surface area contributed by atoms with Gasteiger partial charge in [-0.3, -0.25) is 9.78 Å². The number of para-hydroxylation sites is 1. The third-order valence-electron chi connectivity index (χ3n) is 2.86. The number of pyridine rings is 1. The smallest absolute Gasteiger partial charge is 0.259 e. The average molecular weight is 270 g/mol. The Morgan fingerprint density at radius 1 is 1.30 bits per heavy atom. The van der Waals surface area contributed by atoms with E-state index < -0.39 is 0 Å². The van der Waals surface area contributed by atoms with E-state index in [2.05, 4.69) is 10.1 Å². The Morgan fingerprint density at radius 2 is 2.05 bits per heavy atom. The number of nitrogens with zero attached hydrogens (tertiary/aromatic N) is 3. The van der Waals surface area contributed by atoms with Gasteiger partial charge in [-0.2, -0.15) is 0 Å². The summed E-state index contributed by atoms with van der Waals surface area (Å²) in [4.78, 5) is 17.7. The Labute approximate surface area is 116 Å². The van der Waals surface area contributed by atoms with Gasteiger partial charge >= 0.3 is 0 Å². The molecule has 1 aromatic carbocycles. The van der Waals surface area contributed by atoms with Crippen molar-refractivity contribution in [1.29, 1.82) is 0 Å². The molecule has 0 atom stereocenters. The van der Waals surface area contributed by atoms with Crippen LogP contribution in [0.25, 0.3) is 0 Å². The highest BCUT2D eigenvalue weighted by Crippen LogP contribution is 2.20. The van der Waals surface area contributed by atoms with Gasteiger partial charge in [-0.05, 0) is 24.3 Å². The molecule has 1 amide bonds. The number of aromatic nitrogens is 1. The summed E-state index contributed by atoms with van der Waals surface area (Å²) in [7, 11) is 1.62. The van der Waals surface area contributed by atoms with E-state index in [4.69, 9.17) is 10.9 Å². The Balaban J connectivity index is 2.39. The first-order valence-electron chi connectivity index (χ1n) is 5.90. The zero-order chi connectivity index (χ0) is 14.5. The Morgan fingerprint density at radius 3 is 2.70 bits per heavy atom. The summed E-state index contributed by atoms with van der Waals surface area (Å²) < 4.78 is 0. The van der Waals surface area contributed by atoms with Crippen molar-refractivity contribution in [3.8, 4) is 0 Å². The molecule has 1 heterocycles. The van der Waals surface area contributed by atoms with E-state index in [0.717, 1.165) is 0 Å². The maximum absolute atomic E-state index is 12.4. The van der Waals surface area contributed by atoms with Crippen LogP contribution in [0.2, 0.25) is 0 Å². The van der Waals surface area contributed by atoms with Crippen LogP contribution in [0, 0.1) is 0 Å². The van der Waals surface area contributed by atoms with Crippen molar-refractivity contribution in [2.24, 2.45) is 10.9 Å². The van der Waals surface area contributed by atoms with E-state index in [1.807, 2.05) is 0 Å². The Kier molecular flexibility index (Phi) is 3.95. The monoisotopic (exact) mass is 270 g/mol. The number of carbonyl (C=O) groups is 1. The molecule has 0 aliphatic rings. The van der Waals surface area contributed by atoms with E-state index in [9.17, 15) is 4.79 Å². The Hall–Kier alpha value is -2.89. The first kappa shape index (κ1) is 13.5. The molecule has 0 aliphatic carbocycles. The molecule has 0 spiro atoms. The minimum atomic E-state index is -0.226. The lowest BCUT2D eigenvalue weighted by molar-refractivity contribution is 0.0992. The number of hydrogen-bond donors (Lipinski definition) is 2. The molecule has 6 heteroatoms. The average Bonchev–Trinajstić information content (AvgIpc) is 2.53. The second kappa shape index (κ2) is 5.83. The zero-order valence-corrected chi connectivity index (χ0v) is 10.9. The first-order chi connectivity index (χ1) is 9.65. The molecule has 1 aromatic heterocycles. The number of amides is 1. The van der Waals surface area contributed by atoms with Crippen LogP contribution in [0.15, 0.2) is 53.9 Å². The van der Waals surface area contributed by atoms with Crippen LogP contribution in [0.3, 0.4) is 0 Å². The zero-order valence-electron chi connectivity index (χ0n) is 10.9. The molecule has 3 N–H and O–H groups in total. The topological polar surface area (TPSA) is 91.8 Å². The number of oxime groups is 1. The highest BCUT2D eigenvalue weighted by molar-refractivity contribution is 6.10. The molecule has 0 saturated heterocycles. The fraction of sp³-hybridized carbons (Fsp3) is 0.0714. The minimum absolute atomic E-state index is 0.0496. The maximum atomic E-state index is 12.4. The molecular formula is C14H14N4O2. The quantitative estimate of drug-likeness (QED) is 0.382. The van der Waals surface area contributed by atoms with Gasteiger partial charge in [0.25, 0.3) is 5.91 Å². The van der Waals surface area contributed by atoms with Gasteiger partial charge in [-0.25, -0.2) is 0 Å². The number of carbonyl (C=O) groups excluding carboxylic acids is 1. The van der Waals surface area contributed by atoms with Gasteiger partial charge in [0, 0.05) is 25.0 Å². The predicted molar refractivity (Wildman–Crippen MR) is 75.9 cm³/mol. The molecule has 0 saturated carbocycles. The molecule has 20 heavy (non-hydrogen) atoms. The van der Waals surface area contributed by atoms with Crippen LogP contribution < -0.4 is 10.6 Å². The summed E-state index contributed by atoms with van der Waals surface area (Å²) in [5, 5.41) is 11.8. The summed E-state index contributed by atoms with van der Waals surface area (Å²) in [6.07, 6.45) is 3.09. The highest BCUT2D eigenvalue weighted by atomic mass is 16.4. The molecule has 2 aromatic rings. The highest BCUT2D eigenvalue weighted by Gasteiger charge is 2.17. The van der Waals surface area contributed by atoms with Crippen LogP contribution >= 0.6 is 0 Å². The third-order valence-corrected chi connectivity index (χ3v) is 2.86. The number of anilines is 1. The van der Waals surface area contributed by atoms with Gasteiger partial charge in [0.15, 0.2) is 5.84 Å². The second-order valence-electron chi connectivity index (χ2n) is 4.11. The van der Waals surface area contributed by atoms with Crippen LogP contribution in [0.4, 0.5) is 5.69 Å². The van der Waals surface area contributed by atoms with E-state index in [-0.39, 0.29) is 11.7 Å². The van der Waals surface area contributed by atoms with Gasteiger partial charge < -0.3 is 15.8 Å². The van der Waals surface area contributed by atoms with Crippen molar-refractivity contribution < 1.29 is 10.0 Å². The Bertz CT molecular complexity index is 641. The number of nitrogens with two attached hydrogens (primary N) is 1. The summed E-state index contributed by atoms with van der Waals surface area (Å²) in [5.74, 6) is -0.275. The first-order valence-corrected chi connectivity index (χ1v) is 5.90. The minimum Gasteiger partial charge on any atom is -0.409 e. The summed E-state index contributed by atoms with van der Waals surface area (Å²) in [5.41, 5.74) is 7.12. The second-order valence-corrected chi connectivity index (χ2v) is 4.11. The number of amidine groups is 1. The molecule has 6 nitrogen and oxygen atoms in total. The lowest BCUT2D eigenvalue weighted by Crippen LogP contribution is -2.29. The number of hydrogen-bond acceptors (Lipinski definition) is 4. The van der Waals surface area contributed by atoms with Crippen LogP contribution in [-0.2, 0) is 0 Å². The van der Waals surface area contributed by atoms with E-state index in [1.165, 1.54) is 11.1 Å². The fourth-order valence-electron chi connectivity index (χ4n) is 1.83. The van der Waals surface area contributed by atoms with Gasteiger partial charge in [0.05, 0.1) is 11.3 Å². The molecule has 102 valence electrons. The van der Waals surface area contributed by atoms with Crippen molar-refractivity contribution >= 4 is 17.4 Å². The molecule has 0 radical (unpaired) electrons. The van der Waals surface area contributed by atoms with Crippen LogP contribution in [-0.4, -0.2) is 29.0 Å². The number of benzene rings is 1. The van der Waals surface area contributed by atoms with E-state index in [0.29, 0.717) is 16.8 Å². The summed E-state index contributed by atoms with van der Waals surface area (Å²) in [6, 6.07) is 10.3. The van der Waals surface area contributed by atoms with Gasteiger partial charge in [-0.1, -0.05) is 17.3 Å². The fourth-order valence-corrected chi connectivity index (χ4v) is 1.83. The largest absolute Gasteiger partial charge is 0.409 e. The predicted octanol–water partition coefficient (Wildman–Crippen LogP) is 1.45. The van der Waals surface area contributed by atoms with Gasteiger partial charge in [0.1, 0.15) is 0 Å². The third kappa shape index (κ3) is 2.59. The summed E-state index contributed by atoms with van der Waals surface area (Å²) in [6.45, 7) is 0. The molecular weight excluding hydrogens is 256 g/mol. The van der Waals surface area contributed by atoms with Crippen molar-refractivity contribution in [2.45, 2.75) is 0 Å². The van der Waals surface area contributed by atoms with Crippen molar-refractivity contribution in [2.75, 3.05) is 11.9 Å². The van der Waals surface area contributed by atoms with Crippen molar-refractivity contribution in [1.82, 2.24) is 4.98 Å². The molecule has 0 unspecified atom stereocenters. The van der Waals surface area contributed by atoms with E-state index >= 15 is 0 Å². The maximum Gasteiger partial charge on any atom is 0.259 e. The van der Waals surface area contributed by atoms with Gasteiger partial charge in [-0.15, -0.1) is 0 Å². The lowest BCUT2D eigenvalue weighted by Gasteiger charge is -2.20. The summed E-state index contributed by atoms with van der Waals surface area (Å²) >= 11 is 0. The molecule has 2 rings (SSSR count). The van der Waals surface area contributed by atoms with E-state index in [1.54, 1.807) is 49.6 Å². The number of rotatable bonds is 3. The normalized spacial score (nSPS) is 11.2. The SMILES string of the molecule is CN(C(=O)c1cccnc1)c1ccccc1/C(N)=N/O. The van der Waals surface area contributed by atoms with Crippen LogP contribution in [0.1, 0.15) is 15.9 Å². The molecule has 0 aliphatic heterocycles. The van der Waals surface area contributed by atoms with Crippen LogP contribution in [0.5, 0.6) is 0 Å². The lowest BCUT2D eigenvalue weighted by atomic mass is 10.1. The van der Waals surface area contributed by atoms with Gasteiger partial charge in [0.2, 0.25) is 0 Å². The van der Waals surface area contributed by atoms with Crippen molar-refractivity contribution in [3.63, 3.8) is 0 Å².